The van der Waals surface area contributed by atoms with Gasteiger partial charge in [0.2, 0.25) is 10.0 Å². The highest BCUT2D eigenvalue weighted by atomic mass is 32.2. The average molecular weight is 279 g/mol. The van der Waals surface area contributed by atoms with Crippen LogP contribution >= 0.6 is 0 Å². The predicted octanol–water partition coefficient (Wildman–Crippen LogP) is 0.589. The summed E-state index contributed by atoms with van der Waals surface area (Å²) in [5.74, 6) is 0.261. The topological polar surface area (TPSA) is 52.7 Å². The molecule has 1 N–H and O–H groups in total. The number of hydrogen-bond acceptors (Lipinski definition) is 4. The predicted molar refractivity (Wildman–Crippen MR) is 77.4 cm³/mol. The summed E-state index contributed by atoms with van der Waals surface area (Å²) in [6, 6.07) is 0. The van der Waals surface area contributed by atoms with E-state index in [1.54, 1.807) is 7.05 Å². The number of sulfonamides is 1. The van der Waals surface area contributed by atoms with Gasteiger partial charge in [-0.15, -0.1) is 0 Å². The molecule has 0 aromatic rings. The molecule has 0 fully saturated rings. The van der Waals surface area contributed by atoms with Gasteiger partial charge in [0, 0.05) is 13.6 Å². The lowest BCUT2D eigenvalue weighted by molar-refractivity contribution is 0.370. The zero-order chi connectivity index (χ0) is 14.0. The Labute approximate surface area is 113 Å². The lowest BCUT2D eigenvalue weighted by Crippen LogP contribution is -2.32. The minimum atomic E-state index is -3.06. The first-order chi connectivity index (χ1) is 8.40. The van der Waals surface area contributed by atoms with E-state index in [9.17, 15) is 8.42 Å². The van der Waals surface area contributed by atoms with Crippen molar-refractivity contribution in [2.24, 2.45) is 0 Å². The van der Waals surface area contributed by atoms with E-state index in [2.05, 4.69) is 17.1 Å². The van der Waals surface area contributed by atoms with Crippen molar-refractivity contribution in [2.45, 2.75) is 26.2 Å². The fourth-order valence-corrected chi connectivity index (χ4v) is 2.90. The lowest BCUT2D eigenvalue weighted by Gasteiger charge is -2.18. The Balaban J connectivity index is 3.82. The first-order valence-electron chi connectivity index (χ1n) is 6.69. The average Bonchev–Trinajstić information content (AvgIpc) is 2.28. The molecule has 0 spiro atoms. The summed E-state index contributed by atoms with van der Waals surface area (Å²) in [4.78, 5) is 2.07. The Morgan fingerprint density at radius 2 is 1.67 bits per heavy atom. The van der Waals surface area contributed by atoms with Crippen molar-refractivity contribution in [2.75, 3.05) is 53.1 Å². The Kier molecular flexibility index (Phi) is 9.63. The van der Waals surface area contributed by atoms with E-state index in [1.807, 2.05) is 14.1 Å². The molecule has 0 aliphatic rings. The largest absolute Gasteiger partial charge is 0.317 e. The summed E-state index contributed by atoms with van der Waals surface area (Å²) in [5, 5.41) is 3.20. The van der Waals surface area contributed by atoms with Gasteiger partial charge < -0.3 is 10.2 Å². The van der Waals surface area contributed by atoms with Crippen molar-refractivity contribution in [3.8, 4) is 0 Å². The zero-order valence-electron chi connectivity index (χ0n) is 12.3. The SMILES string of the molecule is CCNCCCCS(=O)(=O)N(C)CCCN(C)C. The smallest absolute Gasteiger partial charge is 0.213 e. The lowest BCUT2D eigenvalue weighted by atomic mass is 10.3. The van der Waals surface area contributed by atoms with E-state index in [0.717, 1.165) is 38.9 Å². The van der Waals surface area contributed by atoms with Crippen LogP contribution in [0, 0.1) is 0 Å². The van der Waals surface area contributed by atoms with Gasteiger partial charge in [-0.3, -0.25) is 0 Å². The molecule has 0 saturated heterocycles. The molecule has 0 atom stereocenters. The van der Waals surface area contributed by atoms with Gasteiger partial charge in [0.15, 0.2) is 0 Å². The van der Waals surface area contributed by atoms with Crippen LogP contribution in [0.15, 0.2) is 0 Å². The van der Waals surface area contributed by atoms with Crippen LogP contribution in [0.5, 0.6) is 0 Å². The van der Waals surface area contributed by atoms with E-state index in [4.69, 9.17) is 0 Å². The summed E-state index contributed by atoms with van der Waals surface area (Å²) < 4.78 is 25.4. The van der Waals surface area contributed by atoms with E-state index in [-0.39, 0.29) is 5.75 Å². The van der Waals surface area contributed by atoms with Crippen molar-refractivity contribution < 1.29 is 8.42 Å². The fourth-order valence-electron chi connectivity index (χ4n) is 1.62. The Morgan fingerprint density at radius 1 is 1.00 bits per heavy atom. The molecule has 0 unspecified atom stereocenters. The minimum Gasteiger partial charge on any atom is -0.317 e. The fraction of sp³-hybridized carbons (Fsp3) is 1.00. The molecule has 0 aromatic heterocycles. The first kappa shape index (κ1) is 17.8. The summed E-state index contributed by atoms with van der Waals surface area (Å²) >= 11 is 0. The quantitative estimate of drug-likeness (QED) is 0.563. The number of nitrogens with zero attached hydrogens (tertiary/aromatic N) is 2. The van der Waals surface area contributed by atoms with Gasteiger partial charge in [-0.05, 0) is 53.0 Å². The van der Waals surface area contributed by atoms with Crippen molar-refractivity contribution >= 4 is 10.0 Å². The number of nitrogens with one attached hydrogen (secondary N) is 1. The van der Waals surface area contributed by atoms with E-state index in [0.29, 0.717) is 6.54 Å². The molecular weight excluding hydrogens is 250 g/mol. The highest BCUT2D eigenvalue weighted by Crippen LogP contribution is 2.03. The van der Waals surface area contributed by atoms with Crippen LogP contribution in [-0.2, 0) is 10.0 Å². The Morgan fingerprint density at radius 3 is 2.22 bits per heavy atom. The normalized spacial score (nSPS) is 12.6. The van der Waals surface area contributed by atoms with Gasteiger partial charge in [0.05, 0.1) is 5.75 Å². The van der Waals surface area contributed by atoms with Crippen molar-refractivity contribution in [3.05, 3.63) is 0 Å². The number of unbranched alkanes of at least 4 members (excludes halogenated alkanes) is 1. The standard InChI is InChI=1S/C12H29N3O2S/c1-5-13-9-6-7-12-18(16,17)15(4)11-8-10-14(2)3/h13H,5-12H2,1-4H3. The summed E-state index contributed by atoms with van der Waals surface area (Å²) in [7, 11) is 2.61. The third-order valence-corrected chi connectivity index (χ3v) is 4.75. The molecule has 6 heteroatoms. The molecular formula is C12H29N3O2S. The Hall–Kier alpha value is -0.170. The van der Waals surface area contributed by atoms with Crippen LogP contribution < -0.4 is 5.32 Å². The first-order valence-corrected chi connectivity index (χ1v) is 8.30. The van der Waals surface area contributed by atoms with Crippen molar-refractivity contribution in [1.82, 2.24) is 14.5 Å². The molecule has 5 nitrogen and oxygen atoms in total. The highest BCUT2D eigenvalue weighted by Gasteiger charge is 2.16. The van der Waals surface area contributed by atoms with E-state index < -0.39 is 10.0 Å². The van der Waals surface area contributed by atoms with Gasteiger partial charge in [-0.2, -0.15) is 0 Å². The third kappa shape index (κ3) is 8.85. The maximum absolute atomic E-state index is 11.9. The van der Waals surface area contributed by atoms with Crippen LogP contribution in [-0.4, -0.2) is 70.7 Å². The molecule has 110 valence electrons. The monoisotopic (exact) mass is 279 g/mol. The molecule has 0 saturated carbocycles. The van der Waals surface area contributed by atoms with Gasteiger partial charge >= 0.3 is 0 Å². The maximum Gasteiger partial charge on any atom is 0.213 e. The molecule has 0 amide bonds. The minimum absolute atomic E-state index is 0.261. The molecule has 0 radical (unpaired) electrons. The molecule has 0 aliphatic heterocycles. The van der Waals surface area contributed by atoms with Gasteiger partial charge in [-0.1, -0.05) is 6.92 Å². The van der Waals surface area contributed by atoms with Crippen LogP contribution in [0.25, 0.3) is 0 Å². The van der Waals surface area contributed by atoms with Crippen LogP contribution in [0.1, 0.15) is 26.2 Å². The maximum atomic E-state index is 11.9. The van der Waals surface area contributed by atoms with Crippen molar-refractivity contribution in [1.29, 1.82) is 0 Å². The molecule has 0 heterocycles. The second-order valence-corrected chi connectivity index (χ2v) is 7.05. The molecule has 0 aliphatic carbocycles. The Bertz CT molecular complexity index is 292. The third-order valence-electron chi connectivity index (χ3n) is 2.81. The summed E-state index contributed by atoms with van der Waals surface area (Å²) in [6.07, 6.45) is 2.52. The molecule has 0 aromatic carbocycles. The van der Waals surface area contributed by atoms with Crippen LogP contribution in [0.3, 0.4) is 0 Å². The number of hydrogen-bond donors (Lipinski definition) is 1. The van der Waals surface area contributed by atoms with Gasteiger partial charge in [0.25, 0.3) is 0 Å². The zero-order valence-corrected chi connectivity index (χ0v) is 13.1. The second kappa shape index (κ2) is 9.72. The van der Waals surface area contributed by atoms with Crippen LogP contribution in [0.4, 0.5) is 0 Å². The summed E-state index contributed by atoms with van der Waals surface area (Å²) in [5.41, 5.74) is 0. The summed E-state index contributed by atoms with van der Waals surface area (Å²) in [6.45, 7) is 5.41. The second-order valence-electron chi connectivity index (χ2n) is 4.86. The number of rotatable bonds is 11. The van der Waals surface area contributed by atoms with Gasteiger partial charge in [-0.25, -0.2) is 12.7 Å². The molecule has 0 rings (SSSR count). The highest BCUT2D eigenvalue weighted by molar-refractivity contribution is 7.89. The molecule has 18 heavy (non-hydrogen) atoms. The van der Waals surface area contributed by atoms with E-state index in [1.165, 1.54) is 4.31 Å². The molecule has 0 bridgehead atoms. The van der Waals surface area contributed by atoms with Crippen molar-refractivity contribution in [3.63, 3.8) is 0 Å². The van der Waals surface area contributed by atoms with Gasteiger partial charge in [0.1, 0.15) is 0 Å². The van der Waals surface area contributed by atoms with Crippen LogP contribution in [0.2, 0.25) is 0 Å². The van der Waals surface area contributed by atoms with E-state index >= 15 is 0 Å².